The standard InChI is InChI=1S/C24H23NO5S/c1-4-29-18-9-7-6-8-17(18)14-19-21(26)20(24(28)30-5-2)23(31-19)25-22(27)16-12-10-15(3)11-13-16/h6-14,26H,4-5H2,1-3H3/b19-14-,25-23?. The predicted molar refractivity (Wildman–Crippen MR) is 122 cm³/mol. The number of hydrogen-bond donors (Lipinski definition) is 1. The number of benzene rings is 2. The van der Waals surface area contributed by atoms with Crippen LogP contribution >= 0.6 is 11.8 Å². The molecule has 0 unspecified atom stereocenters. The fraction of sp³-hybridized carbons (Fsp3) is 0.208. The summed E-state index contributed by atoms with van der Waals surface area (Å²) in [5, 5.41) is 10.9. The van der Waals surface area contributed by atoms with Gasteiger partial charge in [-0.15, -0.1) is 0 Å². The molecular weight excluding hydrogens is 414 g/mol. The minimum atomic E-state index is -0.732. The lowest BCUT2D eigenvalue weighted by atomic mass is 10.1. The smallest absolute Gasteiger partial charge is 0.344 e. The number of esters is 1. The van der Waals surface area contributed by atoms with Crippen LogP contribution in [0.2, 0.25) is 0 Å². The van der Waals surface area contributed by atoms with Gasteiger partial charge in [0.25, 0.3) is 5.91 Å². The van der Waals surface area contributed by atoms with Gasteiger partial charge in [-0.25, -0.2) is 9.79 Å². The highest BCUT2D eigenvalue weighted by Gasteiger charge is 2.34. The second-order valence-corrected chi connectivity index (χ2v) is 7.64. The number of aryl methyl sites for hydroxylation is 1. The highest BCUT2D eigenvalue weighted by atomic mass is 32.2. The lowest BCUT2D eigenvalue weighted by molar-refractivity contribution is -0.138. The average molecular weight is 438 g/mol. The molecule has 6 nitrogen and oxygen atoms in total. The lowest BCUT2D eigenvalue weighted by Crippen LogP contribution is -2.14. The van der Waals surface area contributed by atoms with Crippen molar-refractivity contribution in [1.29, 1.82) is 0 Å². The van der Waals surface area contributed by atoms with Crippen molar-refractivity contribution in [3.8, 4) is 5.75 Å². The Kier molecular flexibility index (Phi) is 7.31. The number of amides is 1. The summed E-state index contributed by atoms with van der Waals surface area (Å²) >= 11 is 1.04. The molecule has 0 atom stereocenters. The Morgan fingerprint density at radius 1 is 1.06 bits per heavy atom. The van der Waals surface area contributed by atoms with Gasteiger partial charge in [-0.1, -0.05) is 47.7 Å². The number of ether oxygens (including phenoxy) is 2. The molecule has 7 heteroatoms. The molecule has 1 aliphatic heterocycles. The van der Waals surface area contributed by atoms with Gasteiger partial charge in [0.15, 0.2) is 0 Å². The van der Waals surface area contributed by atoms with Crippen molar-refractivity contribution in [3.05, 3.63) is 81.5 Å². The Hall–Kier alpha value is -3.32. The van der Waals surface area contributed by atoms with E-state index < -0.39 is 11.9 Å². The fourth-order valence-corrected chi connectivity index (χ4v) is 3.88. The van der Waals surface area contributed by atoms with Gasteiger partial charge in [0.1, 0.15) is 22.1 Å². The van der Waals surface area contributed by atoms with E-state index in [1.54, 1.807) is 25.1 Å². The lowest BCUT2D eigenvalue weighted by Gasteiger charge is -2.07. The normalized spacial score (nSPS) is 16.1. The number of thioether (sulfide) groups is 1. The number of hydrogen-bond acceptors (Lipinski definition) is 6. The zero-order valence-electron chi connectivity index (χ0n) is 17.5. The van der Waals surface area contributed by atoms with E-state index in [9.17, 15) is 14.7 Å². The van der Waals surface area contributed by atoms with Gasteiger partial charge in [-0.2, -0.15) is 0 Å². The molecule has 160 valence electrons. The Morgan fingerprint density at radius 3 is 2.45 bits per heavy atom. The molecule has 31 heavy (non-hydrogen) atoms. The molecule has 0 radical (unpaired) electrons. The summed E-state index contributed by atoms with van der Waals surface area (Å²) in [5.74, 6) is -0.868. The third-order valence-electron chi connectivity index (χ3n) is 4.38. The van der Waals surface area contributed by atoms with Crippen LogP contribution in [0.3, 0.4) is 0 Å². The fourth-order valence-electron chi connectivity index (χ4n) is 2.87. The van der Waals surface area contributed by atoms with Crippen LogP contribution < -0.4 is 4.74 Å². The van der Waals surface area contributed by atoms with Gasteiger partial charge >= 0.3 is 5.97 Å². The quantitative estimate of drug-likeness (QED) is 0.633. The third-order valence-corrected chi connectivity index (χ3v) is 5.40. The second-order valence-electron chi connectivity index (χ2n) is 6.61. The molecule has 3 rings (SSSR count). The maximum Gasteiger partial charge on any atom is 0.344 e. The van der Waals surface area contributed by atoms with Crippen molar-refractivity contribution in [3.63, 3.8) is 0 Å². The van der Waals surface area contributed by atoms with Crippen molar-refractivity contribution < 1.29 is 24.2 Å². The predicted octanol–water partition coefficient (Wildman–Crippen LogP) is 5.10. The van der Waals surface area contributed by atoms with Crippen LogP contribution in [0.1, 0.15) is 35.3 Å². The topological polar surface area (TPSA) is 85.2 Å². The largest absolute Gasteiger partial charge is 0.506 e. The summed E-state index contributed by atoms with van der Waals surface area (Å²) in [6, 6.07) is 14.3. The first kappa shape index (κ1) is 22.4. The molecule has 2 aromatic rings. The van der Waals surface area contributed by atoms with E-state index >= 15 is 0 Å². The molecule has 0 saturated heterocycles. The van der Waals surface area contributed by atoms with Crippen LogP contribution in [-0.2, 0) is 9.53 Å². The minimum Gasteiger partial charge on any atom is -0.506 e. The van der Waals surface area contributed by atoms with Crippen LogP contribution in [0, 0.1) is 6.92 Å². The summed E-state index contributed by atoms with van der Waals surface area (Å²) in [7, 11) is 0. The first-order chi connectivity index (χ1) is 14.9. The number of para-hydroxylation sites is 1. The molecule has 0 saturated carbocycles. The van der Waals surface area contributed by atoms with Crippen molar-refractivity contribution in [2.45, 2.75) is 20.8 Å². The number of rotatable bonds is 6. The number of nitrogens with zero attached hydrogens (tertiary/aromatic N) is 1. The van der Waals surface area contributed by atoms with Crippen molar-refractivity contribution in [2.75, 3.05) is 13.2 Å². The first-order valence-corrected chi connectivity index (χ1v) is 10.7. The van der Waals surface area contributed by atoms with Gasteiger partial charge in [0.2, 0.25) is 0 Å². The van der Waals surface area contributed by atoms with E-state index in [1.807, 2.05) is 50.2 Å². The van der Waals surface area contributed by atoms with Crippen LogP contribution in [0.4, 0.5) is 0 Å². The molecule has 2 aromatic carbocycles. The molecule has 0 bridgehead atoms. The summed E-state index contributed by atoms with van der Waals surface area (Å²) in [4.78, 5) is 29.6. The van der Waals surface area contributed by atoms with Crippen LogP contribution in [0.25, 0.3) is 6.08 Å². The van der Waals surface area contributed by atoms with E-state index in [0.717, 1.165) is 22.9 Å². The number of aliphatic imine (C=N–C) groups is 1. The molecule has 0 spiro atoms. The van der Waals surface area contributed by atoms with Crippen molar-refractivity contribution in [1.82, 2.24) is 0 Å². The zero-order chi connectivity index (χ0) is 22.4. The van der Waals surface area contributed by atoms with Gasteiger partial charge in [-0.05, 0) is 45.0 Å². The molecule has 1 amide bonds. The Labute approximate surface area is 185 Å². The number of carbonyl (C=O) groups excluding carboxylic acids is 2. The summed E-state index contributed by atoms with van der Waals surface area (Å²) < 4.78 is 10.7. The molecule has 0 aliphatic carbocycles. The highest BCUT2D eigenvalue weighted by Crippen LogP contribution is 2.40. The number of carbonyl (C=O) groups is 2. The average Bonchev–Trinajstić information content (AvgIpc) is 3.05. The zero-order valence-corrected chi connectivity index (χ0v) is 18.4. The molecular formula is C24H23NO5S. The molecule has 1 aliphatic rings. The van der Waals surface area contributed by atoms with E-state index in [2.05, 4.69) is 4.99 Å². The SMILES string of the molecule is CCOC(=O)C1=C(O)/C(=C/c2ccccc2OCC)SC1=NC(=O)c1ccc(C)cc1. The molecule has 0 fully saturated rings. The maximum absolute atomic E-state index is 12.7. The monoisotopic (exact) mass is 437 g/mol. The third kappa shape index (κ3) is 5.24. The molecule has 1 N–H and O–H groups in total. The summed E-state index contributed by atoms with van der Waals surface area (Å²) in [6.45, 7) is 6.09. The number of aliphatic hydroxyl groups is 1. The Bertz CT molecular complexity index is 1080. The van der Waals surface area contributed by atoms with E-state index in [1.165, 1.54) is 0 Å². The number of aliphatic hydroxyl groups excluding tert-OH is 1. The van der Waals surface area contributed by atoms with Gasteiger partial charge in [0, 0.05) is 11.1 Å². The summed E-state index contributed by atoms with van der Waals surface area (Å²) in [5.41, 5.74) is 2.02. The molecule has 0 aromatic heterocycles. The highest BCUT2D eigenvalue weighted by molar-refractivity contribution is 8.18. The van der Waals surface area contributed by atoms with Crippen LogP contribution in [0.15, 0.2) is 69.8 Å². The van der Waals surface area contributed by atoms with Crippen LogP contribution in [-0.4, -0.2) is 35.2 Å². The first-order valence-electron chi connectivity index (χ1n) is 9.86. The van der Waals surface area contributed by atoms with Crippen molar-refractivity contribution >= 4 is 34.8 Å². The van der Waals surface area contributed by atoms with Crippen molar-refractivity contribution in [2.24, 2.45) is 4.99 Å². The van der Waals surface area contributed by atoms with Gasteiger partial charge < -0.3 is 14.6 Å². The van der Waals surface area contributed by atoms with Gasteiger partial charge in [0.05, 0.1) is 18.1 Å². The van der Waals surface area contributed by atoms with Gasteiger partial charge in [-0.3, -0.25) is 4.79 Å². The second kappa shape index (κ2) is 10.1. The summed E-state index contributed by atoms with van der Waals surface area (Å²) in [6.07, 6.45) is 1.70. The van der Waals surface area contributed by atoms with E-state index in [4.69, 9.17) is 9.47 Å². The Morgan fingerprint density at radius 2 is 1.77 bits per heavy atom. The maximum atomic E-state index is 12.7. The van der Waals surface area contributed by atoms with E-state index in [-0.39, 0.29) is 23.0 Å². The van der Waals surface area contributed by atoms with E-state index in [0.29, 0.717) is 22.8 Å². The van der Waals surface area contributed by atoms with Crippen LogP contribution in [0.5, 0.6) is 5.75 Å². The Balaban J connectivity index is 2.02. The minimum absolute atomic E-state index is 0.0988. The molecule has 1 heterocycles.